The van der Waals surface area contributed by atoms with Crippen LogP contribution in [0.3, 0.4) is 0 Å². The lowest BCUT2D eigenvalue weighted by Crippen LogP contribution is -2.04. The van der Waals surface area contributed by atoms with Crippen LogP contribution in [-0.4, -0.2) is 0 Å². The number of hydrogen-bond acceptors (Lipinski definition) is 4. The van der Waals surface area contributed by atoms with Crippen LogP contribution in [0.25, 0.3) is 6.08 Å². The zero-order chi connectivity index (χ0) is 13.6. The van der Waals surface area contributed by atoms with Crippen LogP contribution in [0.5, 0.6) is 5.75 Å². The quantitative estimate of drug-likeness (QED) is 0.776. The lowest BCUT2D eigenvalue weighted by molar-refractivity contribution is 0.172. The van der Waals surface area contributed by atoms with Crippen molar-refractivity contribution in [2.75, 3.05) is 0 Å². The van der Waals surface area contributed by atoms with Crippen molar-refractivity contribution in [3.05, 3.63) is 82.7 Å². The van der Waals surface area contributed by atoms with Crippen LogP contribution in [-0.2, 0) is 4.84 Å². The molecule has 4 rings (SSSR count). The van der Waals surface area contributed by atoms with Gasteiger partial charge in [-0.1, -0.05) is 36.0 Å². The fourth-order valence-corrected chi connectivity index (χ4v) is 2.50. The second-order valence-corrected chi connectivity index (χ2v) is 5.00. The van der Waals surface area contributed by atoms with Crippen molar-refractivity contribution in [2.24, 2.45) is 0 Å². The van der Waals surface area contributed by atoms with E-state index in [9.17, 15) is 0 Å². The van der Waals surface area contributed by atoms with E-state index in [0.29, 0.717) is 0 Å². The predicted molar refractivity (Wildman–Crippen MR) is 82.4 cm³/mol. The zero-order valence-electron chi connectivity index (χ0n) is 10.7. The average Bonchev–Trinajstić information content (AvgIpc) is 2.55. The molecule has 4 heteroatoms. The third-order valence-electron chi connectivity index (χ3n) is 2.68. The Morgan fingerprint density at radius 3 is 2.75 bits per heavy atom. The molecular weight excluding hydrogens is 270 g/mol. The maximum absolute atomic E-state index is 5.76. The topological polar surface area (TPSA) is 30.5 Å². The monoisotopic (exact) mass is 283 g/mol. The van der Waals surface area contributed by atoms with E-state index in [1.807, 2.05) is 36.4 Å². The number of para-hydroxylation sites is 1. The number of allylic oxidation sites excluding steroid dienone is 4. The first-order chi connectivity index (χ1) is 9.93. The molecule has 20 heavy (non-hydrogen) atoms. The molecule has 0 saturated heterocycles. The van der Waals surface area contributed by atoms with Gasteiger partial charge in [-0.25, -0.2) is 5.48 Å². The van der Waals surface area contributed by atoms with Crippen LogP contribution >= 0.6 is 11.8 Å². The summed E-state index contributed by atoms with van der Waals surface area (Å²) in [5.74, 6) is 1.90. The van der Waals surface area contributed by atoms with Gasteiger partial charge in [0.15, 0.2) is 0 Å². The van der Waals surface area contributed by atoms with E-state index >= 15 is 0 Å². The molecule has 1 aromatic rings. The smallest absolute Gasteiger partial charge is 0.141 e. The zero-order valence-corrected chi connectivity index (χ0v) is 11.5. The third-order valence-corrected chi connectivity index (χ3v) is 3.55. The summed E-state index contributed by atoms with van der Waals surface area (Å²) >= 11 is 1.70. The second kappa shape index (κ2) is 6.21. The van der Waals surface area contributed by atoms with Gasteiger partial charge in [0.25, 0.3) is 0 Å². The van der Waals surface area contributed by atoms with Crippen LogP contribution in [0.1, 0.15) is 5.56 Å². The van der Waals surface area contributed by atoms with E-state index in [2.05, 4.69) is 27.9 Å². The summed E-state index contributed by atoms with van der Waals surface area (Å²) in [6.45, 7) is 0. The SMILES string of the molecule is C1=CNOC=C1.C1=CSC2=Cc3ccccc3OC2=C1. The Labute approximate surface area is 121 Å². The first-order valence-corrected chi connectivity index (χ1v) is 7.07. The third kappa shape index (κ3) is 2.97. The Kier molecular flexibility index (Phi) is 3.94. The van der Waals surface area contributed by atoms with Crippen molar-refractivity contribution in [3.8, 4) is 5.75 Å². The van der Waals surface area contributed by atoms with Gasteiger partial charge in [-0.15, -0.1) is 0 Å². The van der Waals surface area contributed by atoms with Gasteiger partial charge in [0.05, 0.1) is 4.91 Å². The van der Waals surface area contributed by atoms with Gasteiger partial charge in [0, 0.05) is 11.8 Å². The molecule has 0 aliphatic carbocycles. The minimum absolute atomic E-state index is 0.943. The summed E-state index contributed by atoms with van der Waals surface area (Å²) in [4.78, 5) is 5.74. The van der Waals surface area contributed by atoms with Crippen molar-refractivity contribution >= 4 is 17.8 Å². The molecule has 0 fully saturated rings. The number of hydrogen-bond donors (Lipinski definition) is 1. The molecule has 1 N–H and O–H groups in total. The Hall–Kier alpha value is -2.33. The number of benzene rings is 1. The molecular formula is C16H13NO2S. The number of hydroxylamine groups is 1. The average molecular weight is 283 g/mol. The highest BCUT2D eigenvalue weighted by Gasteiger charge is 2.17. The standard InChI is InChI=1S/C12H8OS.C4H5NO/c1-2-5-10-9(4-1)8-12-11(13-10)6-3-7-14-12;1-2-4-6-5-3-1/h1-8H;1-5H. The predicted octanol–water partition coefficient (Wildman–Crippen LogP) is 4.11. The molecule has 0 bridgehead atoms. The van der Waals surface area contributed by atoms with Crippen molar-refractivity contribution < 1.29 is 9.57 Å². The molecule has 3 nitrogen and oxygen atoms in total. The van der Waals surface area contributed by atoms with E-state index in [1.165, 1.54) is 4.91 Å². The molecule has 0 aromatic heterocycles. The Morgan fingerprint density at radius 1 is 1.05 bits per heavy atom. The molecule has 0 unspecified atom stereocenters. The minimum Gasteiger partial charge on any atom is -0.456 e. The molecule has 0 saturated carbocycles. The van der Waals surface area contributed by atoms with Gasteiger partial charge >= 0.3 is 0 Å². The Balaban J connectivity index is 0.000000170. The lowest BCUT2D eigenvalue weighted by Gasteiger charge is -2.20. The highest BCUT2D eigenvalue weighted by Crippen LogP contribution is 2.38. The number of rotatable bonds is 0. The first kappa shape index (κ1) is 12.7. The van der Waals surface area contributed by atoms with E-state index in [4.69, 9.17) is 4.74 Å². The summed E-state index contributed by atoms with van der Waals surface area (Å²) in [5, 5.41) is 2.06. The van der Waals surface area contributed by atoms with Crippen LogP contribution in [0.4, 0.5) is 0 Å². The lowest BCUT2D eigenvalue weighted by atomic mass is 10.1. The molecule has 3 aliphatic rings. The molecule has 3 aliphatic heterocycles. The number of ether oxygens (including phenoxy) is 1. The summed E-state index contributed by atoms with van der Waals surface area (Å²) in [7, 11) is 0. The number of nitrogens with one attached hydrogen (secondary N) is 1. The van der Waals surface area contributed by atoms with E-state index in [-0.39, 0.29) is 0 Å². The maximum Gasteiger partial charge on any atom is 0.141 e. The van der Waals surface area contributed by atoms with Gasteiger partial charge < -0.3 is 9.57 Å². The van der Waals surface area contributed by atoms with Crippen molar-refractivity contribution in [3.63, 3.8) is 0 Å². The second-order valence-electron chi connectivity index (χ2n) is 4.05. The molecule has 0 atom stereocenters. The molecule has 1 aromatic carbocycles. The summed E-state index contributed by atoms with van der Waals surface area (Å²) in [5.41, 5.74) is 3.67. The Morgan fingerprint density at radius 2 is 2.00 bits per heavy atom. The van der Waals surface area contributed by atoms with Gasteiger partial charge in [0.2, 0.25) is 0 Å². The molecule has 3 heterocycles. The molecule has 100 valence electrons. The van der Waals surface area contributed by atoms with Crippen molar-refractivity contribution in [1.82, 2.24) is 5.48 Å². The van der Waals surface area contributed by atoms with E-state index in [1.54, 1.807) is 30.3 Å². The highest BCUT2D eigenvalue weighted by atomic mass is 32.2. The van der Waals surface area contributed by atoms with Gasteiger partial charge in [0.1, 0.15) is 17.8 Å². The van der Waals surface area contributed by atoms with Gasteiger partial charge in [-0.05, 0) is 35.8 Å². The number of thioether (sulfide) groups is 1. The van der Waals surface area contributed by atoms with Crippen molar-refractivity contribution in [1.29, 1.82) is 0 Å². The molecule has 0 spiro atoms. The van der Waals surface area contributed by atoms with Gasteiger partial charge in [-0.3, -0.25) is 0 Å². The van der Waals surface area contributed by atoms with E-state index < -0.39 is 0 Å². The summed E-state index contributed by atoms with van der Waals surface area (Å²) in [6, 6.07) is 8.08. The largest absolute Gasteiger partial charge is 0.456 e. The van der Waals surface area contributed by atoms with Crippen LogP contribution in [0.15, 0.2) is 77.1 Å². The van der Waals surface area contributed by atoms with E-state index in [0.717, 1.165) is 17.1 Å². The van der Waals surface area contributed by atoms with Crippen LogP contribution < -0.4 is 10.2 Å². The molecule has 0 amide bonds. The van der Waals surface area contributed by atoms with Crippen molar-refractivity contribution in [2.45, 2.75) is 0 Å². The maximum atomic E-state index is 5.76. The first-order valence-electron chi connectivity index (χ1n) is 6.19. The summed E-state index contributed by atoms with van der Waals surface area (Å²) in [6.07, 6.45) is 13.1. The summed E-state index contributed by atoms with van der Waals surface area (Å²) < 4.78 is 5.76. The minimum atomic E-state index is 0.943. The normalized spacial score (nSPS) is 17.0. The van der Waals surface area contributed by atoms with Gasteiger partial charge in [-0.2, -0.15) is 0 Å². The fraction of sp³-hybridized carbons (Fsp3) is 0. The Bertz CT molecular complexity index is 630. The molecule has 0 radical (unpaired) electrons. The number of fused-ring (bicyclic) bond motifs is 2. The highest BCUT2D eigenvalue weighted by molar-refractivity contribution is 8.06. The fourth-order valence-electron chi connectivity index (χ4n) is 1.78. The van der Waals surface area contributed by atoms with Crippen LogP contribution in [0, 0.1) is 0 Å². The van der Waals surface area contributed by atoms with Crippen LogP contribution in [0.2, 0.25) is 0 Å².